The third kappa shape index (κ3) is 5.00. The van der Waals surface area contributed by atoms with Gasteiger partial charge in [-0.15, -0.1) is 21.5 Å². The fourth-order valence-electron chi connectivity index (χ4n) is 2.71. The van der Waals surface area contributed by atoms with E-state index < -0.39 is 5.97 Å². The van der Waals surface area contributed by atoms with Gasteiger partial charge in [-0.1, -0.05) is 23.9 Å². The van der Waals surface area contributed by atoms with E-state index in [0.29, 0.717) is 21.5 Å². The SMILES string of the molecule is CCOC(=O)c1cc(C)sc1NC(=O)CSc1nnc(-c2cccc(OC)c2)n1C. The summed E-state index contributed by atoms with van der Waals surface area (Å²) in [5, 5.41) is 12.3. The first-order chi connectivity index (χ1) is 14.4. The Balaban J connectivity index is 1.66. The van der Waals surface area contributed by atoms with Crippen LogP contribution >= 0.6 is 23.1 Å². The number of aromatic nitrogens is 3. The van der Waals surface area contributed by atoms with Gasteiger partial charge in [0.05, 0.1) is 25.0 Å². The van der Waals surface area contributed by atoms with Crippen molar-refractivity contribution in [1.29, 1.82) is 0 Å². The van der Waals surface area contributed by atoms with Crippen LogP contribution in [0.3, 0.4) is 0 Å². The third-order valence-corrected chi connectivity index (χ3v) is 6.08. The molecule has 2 aromatic heterocycles. The first-order valence-corrected chi connectivity index (χ1v) is 11.0. The number of amides is 1. The van der Waals surface area contributed by atoms with E-state index in [9.17, 15) is 9.59 Å². The van der Waals surface area contributed by atoms with E-state index in [-0.39, 0.29) is 18.3 Å². The minimum atomic E-state index is -0.443. The number of thiophene rings is 1. The largest absolute Gasteiger partial charge is 0.497 e. The predicted octanol–water partition coefficient (Wildman–Crippen LogP) is 3.77. The summed E-state index contributed by atoms with van der Waals surface area (Å²) in [5.41, 5.74) is 1.24. The summed E-state index contributed by atoms with van der Waals surface area (Å²) in [6.07, 6.45) is 0. The molecule has 0 spiro atoms. The van der Waals surface area contributed by atoms with Crippen LogP contribution in [0.15, 0.2) is 35.5 Å². The Morgan fingerprint density at radius 3 is 2.80 bits per heavy atom. The average molecular weight is 447 g/mol. The van der Waals surface area contributed by atoms with Crippen LogP contribution in [0.5, 0.6) is 5.75 Å². The van der Waals surface area contributed by atoms with Crippen LogP contribution in [0.25, 0.3) is 11.4 Å². The van der Waals surface area contributed by atoms with Crippen molar-refractivity contribution in [2.75, 3.05) is 24.8 Å². The Morgan fingerprint density at radius 2 is 2.07 bits per heavy atom. The summed E-state index contributed by atoms with van der Waals surface area (Å²) >= 11 is 2.61. The molecule has 2 heterocycles. The fraction of sp³-hybridized carbons (Fsp3) is 0.300. The topological polar surface area (TPSA) is 95.3 Å². The lowest BCUT2D eigenvalue weighted by molar-refractivity contribution is -0.113. The van der Waals surface area contributed by atoms with E-state index in [4.69, 9.17) is 9.47 Å². The van der Waals surface area contributed by atoms with Crippen molar-refractivity contribution in [2.24, 2.45) is 7.05 Å². The van der Waals surface area contributed by atoms with E-state index in [1.54, 1.807) is 20.1 Å². The van der Waals surface area contributed by atoms with Crippen molar-refractivity contribution in [2.45, 2.75) is 19.0 Å². The lowest BCUT2D eigenvalue weighted by Crippen LogP contribution is -2.16. The number of methoxy groups -OCH3 is 1. The van der Waals surface area contributed by atoms with E-state index in [0.717, 1.165) is 16.2 Å². The maximum atomic E-state index is 12.4. The van der Waals surface area contributed by atoms with Gasteiger partial charge in [0.1, 0.15) is 10.8 Å². The summed E-state index contributed by atoms with van der Waals surface area (Å²) < 4.78 is 12.1. The van der Waals surface area contributed by atoms with E-state index in [1.165, 1.54) is 23.1 Å². The van der Waals surface area contributed by atoms with Crippen LogP contribution in [-0.4, -0.2) is 46.1 Å². The normalized spacial score (nSPS) is 10.7. The molecule has 0 unspecified atom stereocenters. The Labute approximate surface area is 182 Å². The van der Waals surface area contributed by atoms with Crippen LogP contribution in [0, 0.1) is 6.92 Å². The van der Waals surface area contributed by atoms with E-state index in [1.807, 2.05) is 42.8 Å². The molecule has 0 atom stereocenters. The molecule has 0 radical (unpaired) electrons. The zero-order valence-electron chi connectivity index (χ0n) is 17.1. The number of hydrogen-bond acceptors (Lipinski definition) is 8. The smallest absolute Gasteiger partial charge is 0.341 e. The molecule has 3 rings (SSSR count). The Kier molecular flexibility index (Phi) is 7.11. The lowest BCUT2D eigenvalue weighted by atomic mass is 10.2. The highest BCUT2D eigenvalue weighted by Gasteiger charge is 2.19. The second kappa shape index (κ2) is 9.77. The Bertz CT molecular complexity index is 1060. The molecule has 1 N–H and O–H groups in total. The number of hydrogen-bond donors (Lipinski definition) is 1. The van der Waals surface area contributed by atoms with Gasteiger partial charge in [0.2, 0.25) is 5.91 Å². The van der Waals surface area contributed by atoms with E-state index >= 15 is 0 Å². The van der Waals surface area contributed by atoms with Crippen LogP contribution in [0.2, 0.25) is 0 Å². The molecule has 0 fully saturated rings. The van der Waals surface area contributed by atoms with Crippen molar-refractivity contribution in [1.82, 2.24) is 14.8 Å². The van der Waals surface area contributed by atoms with Crippen molar-refractivity contribution in [3.05, 3.63) is 40.8 Å². The molecule has 0 bridgehead atoms. The van der Waals surface area contributed by atoms with Crippen LogP contribution in [-0.2, 0) is 16.6 Å². The average Bonchev–Trinajstić information content (AvgIpc) is 3.28. The van der Waals surface area contributed by atoms with Gasteiger partial charge in [0.25, 0.3) is 0 Å². The van der Waals surface area contributed by atoms with Gasteiger partial charge in [0.15, 0.2) is 11.0 Å². The molecular formula is C20H22N4O4S2. The summed E-state index contributed by atoms with van der Waals surface area (Å²) in [6.45, 7) is 3.89. The van der Waals surface area contributed by atoms with Gasteiger partial charge in [0, 0.05) is 17.5 Å². The number of nitrogens with zero attached hydrogens (tertiary/aromatic N) is 3. The molecule has 0 saturated heterocycles. The van der Waals surface area contributed by atoms with Gasteiger partial charge in [-0.05, 0) is 32.0 Å². The minimum Gasteiger partial charge on any atom is -0.497 e. The fourth-order valence-corrected chi connectivity index (χ4v) is 4.34. The lowest BCUT2D eigenvalue weighted by Gasteiger charge is -2.07. The second-order valence-electron chi connectivity index (χ2n) is 6.25. The van der Waals surface area contributed by atoms with Gasteiger partial charge >= 0.3 is 5.97 Å². The monoisotopic (exact) mass is 446 g/mol. The molecule has 1 amide bonds. The van der Waals surface area contributed by atoms with Crippen molar-refractivity contribution in [3.63, 3.8) is 0 Å². The molecule has 158 valence electrons. The van der Waals surface area contributed by atoms with E-state index in [2.05, 4.69) is 15.5 Å². The minimum absolute atomic E-state index is 0.128. The number of rotatable bonds is 8. The molecule has 0 aliphatic heterocycles. The number of benzene rings is 1. The maximum Gasteiger partial charge on any atom is 0.341 e. The first kappa shape index (κ1) is 21.8. The molecule has 0 aliphatic carbocycles. The molecule has 3 aromatic rings. The highest BCUT2D eigenvalue weighted by molar-refractivity contribution is 7.99. The quantitative estimate of drug-likeness (QED) is 0.416. The molecule has 0 saturated carbocycles. The van der Waals surface area contributed by atoms with Gasteiger partial charge in [-0.3, -0.25) is 4.79 Å². The molecule has 30 heavy (non-hydrogen) atoms. The second-order valence-corrected chi connectivity index (χ2v) is 8.45. The Morgan fingerprint density at radius 1 is 1.27 bits per heavy atom. The Hall–Kier alpha value is -2.85. The number of anilines is 1. The highest BCUT2D eigenvalue weighted by Crippen LogP contribution is 2.29. The van der Waals surface area contributed by atoms with Crippen molar-refractivity contribution in [3.8, 4) is 17.1 Å². The van der Waals surface area contributed by atoms with Gasteiger partial charge in [-0.25, -0.2) is 4.79 Å². The number of carbonyl (C=O) groups excluding carboxylic acids is 2. The number of aryl methyl sites for hydroxylation is 1. The molecule has 1 aromatic carbocycles. The number of nitrogens with one attached hydrogen (secondary N) is 1. The number of ether oxygens (including phenoxy) is 2. The zero-order valence-corrected chi connectivity index (χ0v) is 18.7. The van der Waals surface area contributed by atoms with Crippen molar-refractivity contribution < 1.29 is 19.1 Å². The van der Waals surface area contributed by atoms with Gasteiger partial charge < -0.3 is 19.4 Å². The first-order valence-electron chi connectivity index (χ1n) is 9.17. The molecule has 10 heteroatoms. The predicted molar refractivity (Wildman–Crippen MR) is 117 cm³/mol. The molecule has 8 nitrogen and oxygen atoms in total. The maximum absolute atomic E-state index is 12.4. The summed E-state index contributed by atoms with van der Waals surface area (Å²) in [5.74, 6) is 0.853. The van der Waals surface area contributed by atoms with Gasteiger partial charge in [-0.2, -0.15) is 0 Å². The van der Waals surface area contributed by atoms with Crippen LogP contribution in [0.1, 0.15) is 22.2 Å². The molecular weight excluding hydrogens is 424 g/mol. The highest BCUT2D eigenvalue weighted by atomic mass is 32.2. The summed E-state index contributed by atoms with van der Waals surface area (Å²) in [7, 11) is 3.45. The third-order valence-electron chi connectivity index (χ3n) is 4.10. The van der Waals surface area contributed by atoms with Crippen molar-refractivity contribution >= 4 is 40.0 Å². The number of carbonyl (C=O) groups is 2. The standard InChI is InChI=1S/C20H22N4O4S2/c1-5-28-19(26)15-9-12(2)30-18(15)21-16(25)11-29-20-23-22-17(24(20)3)13-7-6-8-14(10-13)27-4/h6-10H,5,11H2,1-4H3,(H,21,25). The summed E-state index contributed by atoms with van der Waals surface area (Å²) in [6, 6.07) is 9.25. The zero-order chi connectivity index (χ0) is 21.7. The number of thioether (sulfide) groups is 1. The van der Waals surface area contributed by atoms with Crippen LogP contribution < -0.4 is 10.1 Å². The number of esters is 1. The molecule has 0 aliphatic rings. The summed E-state index contributed by atoms with van der Waals surface area (Å²) in [4.78, 5) is 25.4. The van der Waals surface area contributed by atoms with Crippen LogP contribution in [0.4, 0.5) is 5.00 Å².